The highest BCUT2D eigenvalue weighted by molar-refractivity contribution is 7.91. The third kappa shape index (κ3) is 2.71. The molecule has 0 unspecified atom stereocenters. The van der Waals surface area contributed by atoms with Gasteiger partial charge in [0.2, 0.25) is 9.84 Å². The minimum absolute atomic E-state index is 0.106. The van der Waals surface area contributed by atoms with E-state index in [4.69, 9.17) is 5.73 Å². The molecule has 7 heteroatoms. The summed E-state index contributed by atoms with van der Waals surface area (Å²) in [4.78, 5) is 0.270. The van der Waals surface area contributed by atoms with Crippen molar-refractivity contribution in [2.24, 2.45) is 5.73 Å². The van der Waals surface area contributed by atoms with Crippen molar-refractivity contribution in [1.82, 2.24) is 10.2 Å². The molecule has 0 spiro atoms. The number of nitrogens with two attached hydrogens (primary N) is 1. The summed E-state index contributed by atoms with van der Waals surface area (Å²) in [6, 6.07) is 18.1. The number of nitrogens with one attached hydrogen (secondary N) is 2. The molecule has 6 nitrogen and oxygen atoms in total. The smallest absolute Gasteiger partial charge is 0.224 e. The number of anilines is 1. The van der Waals surface area contributed by atoms with Crippen LogP contribution in [0.3, 0.4) is 0 Å². The van der Waals surface area contributed by atoms with Gasteiger partial charge < -0.3 is 11.1 Å². The Labute approximate surface area is 150 Å². The molecule has 0 aliphatic heterocycles. The van der Waals surface area contributed by atoms with Crippen LogP contribution in [-0.2, 0) is 9.84 Å². The Morgan fingerprint density at radius 3 is 2.65 bits per heavy atom. The molecule has 4 rings (SSSR count). The van der Waals surface area contributed by atoms with E-state index in [1.807, 2.05) is 42.5 Å². The van der Waals surface area contributed by atoms with Crippen molar-refractivity contribution >= 4 is 37.2 Å². The molecule has 4 aromatic rings. The highest BCUT2D eigenvalue weighted by Crippen LogP contribution is 2.31. The van der Waals surface area contributed by atoms with Crippen LogP contribution < -0.4 is 11.1 Å². The summed E-state index contributed by atoms with van der Waals surface area (Å²) in [5.41, 5.74) is 6.94. The van der Waals surface area contributed by atoms with Crippen molar-refractivity contribution < 1.29 is 8.42 Å². The van der Waals surface area contributed by atoms with Crippen LogP contribution in [0.15, 0.2) is 70.6 Å². The normalized spacial score (nSPS) is 11.9. The first kappa shape index (κ1) is 16.6. The van der Waals surface area contributed by atoms with Gasteiger partial charge in [0.25, 0.3) is 0 Å². The number of aromatic amines is 1. The lowest BCUT2D eigenvalue weighted by atomic mass is 10.1. The molecule has 4 N–H and O–H groups in total. The Balaban J connectivity index is 1.85. The minimum Gasteiger partial charge on any atom is -0.384 e. The topological polar surface area (TPSA) is 101 Å². The zero-order valence-corrected chi connectivity index (χ0v) is 14.8. The molecule has 0 aliphatic carbocycles. The number of hydrogen-bond donors (Lipinski definition) is 3. The Kier molecular flexibility index (Phi) is 4.10. The molecular formula is C19H18N4O2S. The molecule has 0 bridgehead atoms. The van der Waals surface area contributed by atoms with Crippen LogP contribution in [0, 0.1) is 0 Å². The van der Waals surface area contributed by atoms with Crippen LogP contribution in [0.5, 0.6) is 0 Å². The quantitative estimate of drug-likeness (QED) is 0.504. The summed E-state index contributed by atoms with van der Waals surface area (Å²) < 4.78 is 26.6. The van der Waals surface area contributed by atoms with E-state index in [1.54, 1.807) is 18.2 Å². The van der Waals surface area contributed by atoms with Gasteiger partial charge in [-0.3, -0.25) is 5.10 Å². The van der Waals surface area contributed by atoms with E-state index in [9.17, 15) is 8.42 Å². The molecule has 0 fully saturated rings. The highest BCUT2D eigenvalue weighted by Gasteiger charge is 2.24. The SMILES string of the molecule is NCCNc1ccc2c(S(=O)(=O)c3cccc4ccccc34)[nH]nc2c1. The van der Waals surface area contributed by atoms with Crippen molar-refractivity contribution in [1.29, 1.82) is 0 Å². The molecule has 26 heavy (non-hydrogen) atoms. The van der Waals surface area contributed by atoms with Gasteiger partial charge in [-0.25, -0.2) is 8.42 Å². The lowest BCUT2D eigenvalue weighted by Crippen LogP contribution is -2.12. The fourth-order valence-electron chi connectivity index (χ4n) is 3.06. The molecule has 0 aliphatic rings. The molecule has 0 saturated carbocycles. The summed E-state index contributed by atoms with van der Waals surface area (Å²) in [5, 5.41) is 12.3. The third-order valence-corrected chi connectivity index (χ3v) is 6.09. The van der Waals surface area contributed by atoms with E-state index in [1.165, 1.54) is 0 Å². The highest BCUT2D eigenvalue weighted by atomic mass is 32.2. The zero-order chi connectivity index (χ0) is 18.1. The average Bonchev–Trinajstić information content (AvgIpc) is 3.10. The van der Waals surface area contributed by atoms with Gasteiger partial charge in [-0.1, -0.05) is 36.4 Å². The van der Waals surface area contributed by atoms with E-state index >= 15 is 0 Å². The summed E-state index contributed by atoms with van der Waals surface area (Å²) in [7, 11) is -3.74. The van der Waals surface area contributed by atoms with Crippen LogP contribution in [0.2, 0.25) is 0 Å². The molecular weight excluding hydrogens is 348 g/mol. The Bertz CT molecular complexity index is 1190. The maximum absolute atomic E-state index is 13.3. The molecule has 0 amide bonds. The number of rotatable bonds is 5. The fraction of sp³-hybridized carbons (Fsp3) is 0.105. The van der Waals surface area contributed by atoms with Crippen LogP contribution in [0.4, 0.5) is 5.69 Å². The van der Waals surface area contributed by atoms with Crippen molar-refractivity contribution in [3.05, 3.63) is 60.7 Å². The maximum atomic E-state index is 13.3. The molecule has 0 radical (unpaired) electrons. The molecule has 3 aromatic carbocycles. The second-order valence-electron chi connectivity index (χ2n) is 5.98. The van der Waals surface area contributed by atoms with E-state index in [0.717, 1.165) is 11.1 Å². The maximum Gasteiger partial charge on any atom is 0.224 e. The summed E-state index contributed by atoms with van der Waals surface area (Å²) in [6.07, 6.45) is 0. The van der Waals surface area contributed by atoms with Gasteiger partial charge in [0.05, 0.1) is 10.4 Å². The number of H-pyrrole nitrogens is 1. The summed E-state index contributed by atoms with van der Waals surface area (Å²) >= 11 is 0. The second kappa shape index (κ2) is 6.44. The zero-order valence-electron chi connectivity index (χ0n) is 13.9. The largest absolute Gasteiger partial charge is 0.384 e. The summed E-state index contributed by atoms with van der Waals surface area (Å²) in [6.45, 7) is 1.15. The second-order valence-corrected chi connectivity index (χ2v) is 7.84. The monoisotopic (exact) mass is 366 g/mol. The first-order valence-corrected chi connectivity index (χ1v) is 9.74. The Hall–Kier alpha value is -2.90. The fourth-order valence-corrected chi connectivity index (χ4v) is 4.64. The van der Waals surface area contributed by atoms with Gasteiger partial charge in [-0.2, -0.15) is 5.10 Å². The first-order chi connectivity index (χ1) is 12.6. The van der Waals surface area contributed by atoms with Gasteiger partial charge in [-0.05, 0) is 29.7 Å². The van der Waals surface area contributed by atoms with Gasteiger partial charge in [0.1, 0.15) is 0 Å². The van der Waals surface area contributed by atoms with Crippen molar-refractivity contribution in [2.75, 3.05) is 18.4 Å². The Morgan fingerprint density at radius 1 is 1.00 bits per heavy atom. The van der Waals surface area contributed by atoms with E-state index in [2.05, 4.69) is 15.5 Å². The van der Waals surface area contributed by atoms with Gasteiger partial charge in [0, 0.05) is 29.5 Å². The molecule has 0 saturated heterocycles. The van der Waals surface area contributed by atoms with Crippen molar-refractivity contribution in [3.8, 4) is 0 Å². The lowest BCUT2D eigenvalue weighted by molar-refractivity contribution is 0.593. The molecule has 132 valence electrons. The van der Waals surface area contributed by atoms with Gasteiger partial charge in [-0.15, -0.1) is 0 Å². The molecule has 1 aromatic heterocycles. The van der Waals surface area contributed by atoms with Crippen LogP contribution in [0.25, 0.3) is 21.7 Å². The predicted molar refractivity (Wildman–Crippen MR) is 103 cm³/mol. The van der Waals surface area contributed by atoms with Crippen molar-refractivity contribution in [3.63, 3.8) is 0 Å². The number of hydrogen-bond acceptors (Lipinski definition) is 5. The van der Waals surface area contributed by atoms with E-state index in [0.29, 0.717) is 29.4 Å². The Morgan fingerprint density at radius 2 is 1.81 bits per heavy atom. The van der Waals surface area contributed by atoms with Crippen LogP contribution >= 0.6 is 0 Å². The number of nitrogens with zero attached hydrogens (tertiary/aromatic N) is 1. The number of benzene rings is 3. The van der Waals surface area contributed by atoms with E-state index in [-0.39, 0.29) is 9.92 Å². The van der Waals surface area contributed by atoms with Gasteiger partial charge >= 0.3 is 0 Å². The number of fused-ring (bicyclic) bond motifs is 2. The number of aromatic nitrogens is 2. The predicted octanol–water partition coefficient (Wildman–Crippen LogP) is 2.92. The first-order valence-electron chi connectivity index (χ1n) is 8.26. The van der Waals surface area contributed by atoms with Crippen molar-refractivity contribution in [2.45, 2.75) is 9.92 Å². The minimum atomic E-state index is -3.74. The van der Waals surface area contributed by atoms with E-state index < -0.39 is 9.84 Å². The average molecular weight is 366 g/mol. The van der Waals surface area contributed by atoms with Crippen LogP contribution in [-0.4, -0.2) is 31.7 Å². The van der Waals surface area contributed by atoms with Gasteiger partial charge in [0.15, 0.2) is 5.03 Å². The standard InChI is InChI=1S/C19H18N4O2S/c20-10-11-21-14-8-9-16-17(12-14)22-23-19(16)26(24,25)18-7-3-5-13-4-1-2-6-15(13)18/h1-9,12,21H,10-11,20H2,(H,22,23). The number of sulfone groups is 1. The summed E-state index contributed by atoms with van der Waals surface area (Å²) in [5.74, 6) is 0. The molecule has 1 heterocycles. The lowest BCUT2D eigenvalue weighted by Gasteiger charge is -2.07. The molecule has 0 atom stereocenters. The van der Waals surface area contributed by atoms with Crippen LogP contribution in [0.1, 0.15) is 0 Å². The third-order valence-electron chi connectivity index (χ3n) is 4.30.